The minimum absolute atomic E-state index is 0.00373. The number of ketones is 6. The maximum Gasteiger partial charge on any atom is 0.245 e. The summed E-state index contributed by atoms with van der Waals surface area (Å²) in [6.07, 6.45) is 29.4. The third-order valence-electron chi connectivity index (χ3n) is 24.1. The molecule has 101 heavy (non-hydrogen) atoms. The molecule has 19 heteroatoms. The number of benzene rings is 2. The van der Waals surface area contributed by atoms with Crippen molar-refractivity contribution in [2.24, 2.45) is 28.4 Å². The van der Waals surface area contributed by atoms with E-state index in [0.717, 1.165) is 173 Å². The summed E-state index contributed by atoms with van der Waals surface area (Å²) in [7, 11) is 0. The van der Waals surface area contributed by atoms with E-state index >= 15 is 0 Å². The van der Waals surface area contributed by atoms with Gasteiger partial charge in [-0.3, -0.25) is 57.7 Å². The SMILES string of the molecule is CC(=O)c1nn2c3c(cc(Br)cc13)CCCCCCC(=O)CC[C@@]13C[C@@H](C(=O)Cc4nc(C)ccc4C)N(C(=O)C2)[C@@H]1C3.CC(=O)c1nn2c3c(cc(NCC4CCCCC4)cc13)CCCCCCC(=O)CC[C@@]13C[C@@H](C(=O)Cc4nc(C)ccc4C)N(C(=O)C2)[C@@H]1C3.NCC1CCCCC1. The van der Waals surface area contributed by atoms with Crippen LogP contribution < -0.4 is 11.1 Å². The van der Waals surface area contributed by atoms with Crippen molar-refractivity contribution in [3.8, 4) is 0 Å². The zero-order valence-electron chi connectivity index (χ0n) is 60.8. The van der Waals surface area contributed by atoms with Crippen LogP contribution in [-0.4, -0.2) is 123 Å². The summed E-state index contributed by atoms with van der Waals surface area (Å²) in [5.74, 6) is 1.48. The zero-order valence-corrected chi connectivity index (χ0v) is 62.4. The Hall–Kier alpha value is -7.12. The molecular weight excluding hydrogens is 1330 g/mol. The number of piperidine rings is 2. The van der Waals surface area contributed by atoms with Gasteiger partial charge in [0.15, 0.2) is 23.1 Å². The van der Waals surface area contributed by atoms with E-state index in [1.165, 1.54) is 71.1 Å². The molecule has 2 aromatic carbocycles. The van der Waals surface area contributed by atoms with Crippen LogP contribution in [0.5, 0.6) is 0 Å². The lowest BCUT2D eigenvalue weighted by atomic mass is 9.89. The lowest BCUT2D eigenvalue weighted by Crippen LogP contribution is -2.45. The minimum Gasteiger partial charge on any atom is -0.385 e. The van der Waals surface area contributed by atoms with Gasteiger partial charge < -0.3 is 20.9 Å². The molecule has 4 saturated carbocycles. The minimum atomic E-state index is -0.568. The lowest BCUT2D eigenvalue weighted by molar-refractivity contribution is -0.139. The summed E-state index contributed by atoms with van der Waals surface area (Å²) in [6, 6.07) is 14.8. The number of hydrogen-bond donors (Lipinski definition) is 2. The van der Waals surface area contributed by atoms with Crippen molar-refractivity contribution in [3.63, 3.8) is 0 Å². The number of nitrogens with one attached hydrogen (secondary N) is 1. The molecule has 0 radical (unpaired) electrons. The molecule has 4 bridgehead atoms. The number of rotatable bonds is 12. The number of nitrogens with zero attached hydrogens (tertiary/aromatic N) is 8. The van der Waals surface area contributed by atoms with E-state index in [1.54, 1.807) is 21.2 Å². The van der Waals surface area contributed by atoms with Crippen molar-refractivity contribution in [1.82, 2.24) is 39.3 Å². The normalized spacial score (nSPS) is 24.7. The fourth-order valence-corrected chi connectivity index (χ4v) is 18.5. The molecule has 6 fully saturated rings. The zero-order chi connectivity index (χ0) is 71.3. The largest absolute Gasteiger partial charge is 0.385 e. The van der Waals surface area contributed by atoms with Gasteiger partial charge in [0.25, 0.3) is 0 Å². The molecule has 4 aliphatic heterocycles. The van der Waals surface area contributed by atoms with Crippen molar-refractivity contribution in [2.45, 2.75) is 284 Å². The molecule has 4 aromatic heterocycles. The molecule has 3 N–H and O–H groups in total. The molecule has 18 nitrogen and oxygen atoms in total. The first-order chi connectivity index (χ1) is 48.6. The highest BCUT2D eigenvalue weighted by atomic mass is 79.9. The number of Topliss-reactive ketones (excluding diaryl/α,β-unsaturated/α-hetero) is 6. The van der Waals surface area contributed by atoms with Gasteiger partial charge >= 0.3 is 0 Å². The Morgan fingerprint density at radius 3 is 1.40 bits per heavy atom. The molecule has 2 amide bonds. The van der Waals surface area contributed by atoms with Gasteiger partial charge in [-0.1, -0.05) is 92.3 Å². The van der Waals surface area contributed by atoms with E-state index < -0.39 is 12.1 Å². The Kier molecular flexibility index (Phi) is 23.5. The van der Waals surface area contributed by atoms with E-state index in [9.17, 15) is 38.4 Å². The first kappa shape index (κ1) is 73.6. The van der Waals surface area contributed by atoms with Crippen molar-refractivity contribution < 1.29 is 38.4 Å². The van der Waals surface area contributed by atoms with Crippen LogP contribution in [0.3, 0.4) is 0 Å². The standard InChI is InChI=1S/C41H53N5O4.C34H39BrN4O4.C7H15N/c1-26-15-16-27(2)43-34(26)21-36(49)35-22-41-18-17-32(48)14-10-5-4-9-13-30-19-31(42-24-29-11-7-6-8-12-29)20-33-39(28(3)47)44-45(40(30)33)25-38(50)46(35)37(41)23-41;1-20-10-11-21(2)36-27(20)16-29(42)28-17-34-13-12-25(41)9-7-5-4-6-8-23-14-24(35)15-26-32(22(3)40)37-38(33(23)26)19-31(43)39(28)30(34)18-34;8-6-7-4-2-1-3-5-7/h15-16,19-20,29,35,37,42H,4-14,17-18,21-25H2,1-3H3;10-11,14-15,28,30H,4-9,12-13,16-19H2,1-3H3;7H,1-6,8H2/t35-,37+,41-;28-,30+,34-;/m00./s1. The van der Waals surface area contributed by atoms with Gasteiger partial charge in [0.1, 0.15) is 36.0 Å². The van der Waals surface area contributed by atoms with Crippen LogP contribution in [0.1, 0.15) is 260 Å². The molecule has 0 spiro atoms. The average Bonchev–Trinajstić information content (AvgIpc) is 1.54. The first-order valence-corrected chi connectivity index (χ1v) is 39.2. The number of aryl methyl sites for hydroxylation is 6. The van der Waals surface area contributed by atoms with E-state index in [0.29, 0.717) is 68.7 Å². The molecule has 6 atom stereocenters. The Morgan fingerprint density at radius 2 is 0.950 bits per heavy atom. The van der Waals surface area contributed by atoms with Crippen LogP contribution in [0.15, 0.2) is 53.0 Å². The molecule has 8 heterocycles. The highest BCUT2D eigenvalue weighted by molar-refractivity contribution is 9.10. The van der Waals surface area contributed by atoms with Crippen LogP contribution in [0.2, 0.25) is 0 Å². The molecule has 4 aliphatic carbocycles. The average molecular weight is 1440 g/mol. The fraction of sp³-hybridized carbons (Fsp3) is 0.610. The maximum atomic E-state index is 14.5. The van der Waals surface area contributed by atoms with Gasteiger partial charge in [0.2, 0.25) is 11.8 Å². The summed E-state index contributed by atoms with van der Waals surface area (Å²) in [5.41, 5.74) is 15.8. The third-order valence-corrected chi connectivity index (χ3v) is 24.5. The number of carbonyl (C=O) groups is 8. The van der Waals surface area contributed by atoms with Crippen molar-refractivity contribution >= 4 is 89.9 Å². The van der Waals surface area contributed by atoms with Gasteiger partial charge in [-0.05, 0) is 218 Å². The van der Waals surface area contributed by atoms with Gasteiger partial charge in [-0.2, -0.15) is 10.2 Å². The molecule has 14 rings (SSSR count). The highest BCUT2D eigenvalue weighted by Crippen LogP contribution is 2.64. The van der Waals surface area contributed by atoms with Gasteiger partial charge in [0.05, 0.1) is 47.3 Å². The molecule has 0 unspecified atom stereocenters. The van der Waals surface area contributed by atoms with Crippen LogP contribution in [0, 0.1) is 50.4 Å². The summed E-state index contributed by atoms with van der Waals surface area (Å²) in [4.78, 5) is 121. The van der Waals surface area contributed by atoms with Gasteiger partial charge in [0, 0.05) is 90.5 Å². The summed E-state index contributed by atoms with van der Waals surface area (Å²) in [6.45, 7) is 12.5. The molecule has 2 saturated heterocycles. The van der Waals surface area contributed by atoms with Crippen LogP contribution in [0.4, 0.5) is 5.69 Å². The van der Waals surface area contributed by atoms with Crippen LogP contribution >= 0.6 is 15.9 Å². The third kappa shape index (κ3) is 17.1. The van der Waals surface area contributed by atoms with E-state index in [1.807, 2.05) is 69.0 Å². The molecular formula is C82H107BrN10O8. The van der Waals surface area contributed by atoms with Crippen molar-refractivity contribution in [1.29, 1.82) is 0 Å². The topological polar surface area (TPSA) is 243 Å². The highest BCUT2D eigenvalue weighted by Gasteiger charge is 2.67. The number of aromatic nitrogens is 6. The predicted octanol–water partition coefficient (Wildman–Crippen LogP) is 14.8. The van der Waals surface area contributed by atoms with Crippen LogP contribution in [-0.2, 0) is 67.5 Å². The Morgan fingerprint density at radius 1 is 0.525 bits per heavy atom. The maximum absolute atomic E-state index is 14.5. The molecule has 540 valence electrons. The molecule has 6 aromatic rings. The Balaban J connectivity index is 0.000000173. The second-order valence-electron chi connectivity index (χ2n) is 31.6. The lowest BCUT2D eigenvalue weighted by Gasteiger charge is -2.27. The van der Waals surface area contributed by atoms with Crippen molar-refractivity contribution in [2.75, 3.05) is 18.4 Å². The number of hydrogen-bond acceptors (Lipinski definition) is 14. The number of pyridine rings is 2. The fourth-order valence-electron chi connectivity index (χ4n) is 18.0. The van der Waals surface area contributed by atoms with Gasteiger partial charge in [-0.15, -0.1) is 0 Å². The van der Waals surface area contributed by atoms with Gasteiger partial charge in [-0.25, -0.2) is 0 Å². The van der Waals surface area contributed by atoms with Crippen molar-refractivity contribution in [3.05, 3.63) is 109 Å². The molecule has 8 aliphatic rings. The second kappa shape index (κ2) is 32.3. The first-order valence-electron chi connectivity index (χ1n) is 38.4. The number of anilines is 1. The van der Waals surface area contributed by atoms with E-state index in [4.69, 9.17) is 10.8 Å². The number of halogens is 1. The van der Waals surface area contributed by atoms with Crippen LogP contribution in [0.25, 0.3) is 21.8 Å². The summed E-state index contributed by atoms with van der Waals surface area (Å²) in [5, 5.41) is 14.7. The van der Waals surface area contributed by atoms with E-state index in [2.05, 4.69) is 48.4 Å². The summed E-state index contributed by atoms with van der Waals surface area (Å²) >= 11 is 3.61. The number of carbonyl (C=O) groups excluding carboxylic acids is 8. The number of amides is 2. The quantitative estimate of drug-likeness (QED) is 0.108. The Bertz CT molecular complexity index is 4120. The Labute approximate surface area is 604 Å². The predicted molar refractivity (Wildman–Crippen MR) is 397 cm³/mol. The smallest absolute Gasteiger partial charge is 0.245 e. The monoisotopic (exact) mass is 1440 g/mol. The number of nitrogens with two attached hydrogens (primary N) is 1. The second-order valence-corrected chi connectivity index (χ2v) is 32.5. The van der Waals surface area contributed by atoms with E-state index in [-0.39, 0.29) is 95.4 Å². The summed E-state index contributed by atoms with van der Waals surface area (Å²) < 4.78 is 4.30.